The van der Waals surface area contributed by atoms with Crippen LogP contribution in [-0.2, 0) is 16.6 Å². The van der Waals surface area contributed by atoms with Crippen LogP contribution in [0.1, 0.15) is 35.3 Å². The van der Waals surface area contributed by atoms with Gasteiger partial charge in [0.1, 0.15) is 5.75 Å². The molecule has 1 aliphatic heterocycles. The minimum Gasteiger partial charge on any atom is -0.496 e. The Morgan fingerprint density at radius 3 is 2.33 bits per heavy atom. The van der Waals surface area contributed by atoms with E-state index in [2.05, 4.69) is 4.90 Å². The molecule has 33 heavy (non-hydrogen) atoms. The number of hydrogen-bond acceptors (Lipinski definition) is 5. The quantitative estimate of drug-likeness (QED) is 0.561. The summed E-state index contributed by atoms with van der Waals surface area (Å²) in [5.41, 5.74) is 2.22. The van der Waals surface area contributed by atoms with Crippen LogP contribution in [0.4, 0.5) is 0 Å². The first-order chi connectivity index (χ1) is 15.7. The van der Waals surface area contributed by atoms with Gasteiger partial charge in [0.2, 0.25) is 10.0 Å². The minimum atomic E-state index is -3.63. The molecule has 0 N–H and O–H groups in total. The van der Waals surface area contributed by atoms with Gasteiger partial charge in [0.25, 0.3) is 5.91 Å². The monoisotopic (exact) mass is 493 g/mol. The van der Waals surface area contributed by atoms with E-state index >= 15 is 0 Å². The van der Waals surface area contributed by atoms with Crippen LogP contribution in [0.15, 0.2) is 41.3 Å². The highest BCUT2D eigenvalue weighted by Crippen LogP contribution is 2.25. The van der Waals surface area contributed by atoms with Crippen LogP contribution in [0.5, 0.6) is 5.75 Å². The summed E-state index contributed by atoms with van der Waals surface area (Å²) in [6, 6.07) is 10.4. The van der Waals surface area contributed by atoms with E-state index in [1.54, 1.807) is 44.1 Å². The number of piperazine rings is 1. The lowest BCUT2D eigenvalue weighted by atomic mass is 10.1. The smallest absolute Gasteiger partial charge is 0.254 e. The van der Waals surface area contributed by atoms with E-state index < -0.39 is 10.0 Å². The highest BCUT2D eigenvalue weighted by molar-refractivity contribution is 7.89. The Hall–Kier alpha value is -2.13. The Morgan fingerprint density at radius 1 is 1.06 bits per heavy atom. The lowest BCUT2D eigenvalue weighted by Gasteiger charge is -2.35. The fourth-order valence-electron chi connectivity index (χ4n) is 4.10. The molecular formula is C24H32ClN3O4S. The lowest BCUT2D eigenvalue weighted by molar-refractivity contribution is 0.0626. The topological polar surface area (TPSA) is 70.2 Å². The van der Waals surface area contributed by atoms with Gasteiger partial charge in [0.05, 0.1) is 12.0 Å². The number of nitrogens with zero attached hydrogens (tertiary/aromatic N) is 3. The maximum atomic E-state index is 13.3. The summed E-state index contributed by atoms with van der Waals surface area (Å²) in [4.78, 5) is 17.5. The summed E-state index contributed by atoms with van der Waals surface area (Å²) in [6.45, 7) is 9.44. The number of rotatable bonds is 8. The van der Waals surface area contributed by atoms with E-state index in [-0.39, 0.29) is 10.8 Å². The van der Waals surface area contributed by atoms with Crippen LogP contribution in [0.25, 0.3) is 0 Å². The zero-order valence-corrected chi connectivity index (χ0v) is 21.2. The number of hydrogen-bond donors (Lipinski definition) is 0. The summed E-state index contributed by atoms with van der Waals surface area (Å²) in [7, 11) is -1.99. The molecule has 1 heterocycles. The van der Waals surface area contributed by atoms with Crippen LogP contribution in [0.3, 0.4) is 0 Å². The predicted octanol–water partition coefficient (Wildman–Crippen LogP) is 3.65. The standard InChI is InChI=1S/C24H32ClN3O4S/c1-5-28(6-2)33(30,31)21-9-7-18(3)22(16-21)24(29)27-13-11-26(12-14-27)17-19-15-20(25)8-10-23(19)32-4/h7-10,15-16H,5-6,11-14,17H2,1-4H3. The minimum absolute atomic E-state index is 0.135. The molecule has 0 atom stereocenters. The second-order valence-electron chi connectivity index (χ2n) is 8.09. The molecule has 0 radical (unpaired) electrons. The molecule has 1 amide bonds. The lowest BCUT2D eigenvalue weighted by Crippen LogP contribution is -2.48. The molecule has 0 bridgehead atoms. The van der Waals surface area contributed by atoms with Crippen LogP contribution in [-0.4, -0.2) is 74.8 Å². The summed E-state index contributed by atoms with van der Waals surface area (Å²) in [5, 5.41) is 0.662. The molecule has 9 heteroatoms. The molecule has 1 aliphatic rings. The van der Waals surface area contributed by atoms with Crippen molar-refractivity contribution >= 4 is 27.5 Å². The molecule has 180 valence electrons. The number of halogens is 1. The highest BCUT2D eigenvalue weighted by Gasteiger charge is 2.27. The van der Waals surface area contributed by atoms with Crippen molar-refractivity contribution < 1.29 is 17.9 Å². The Kier molecular flexibility index (Phi) is 8.39. The number of aryl methyl sites for hydroxylation is 1. The average molecular weight is 494 g/mol. The third-order valence-corrected chi connectivity index (χ3v) is 8.36. The van der Waals surface area contributed by atoms with Gasteiger partial charge < -0.3 is 9.64 Å². The molecule has 0 aliphatic carbocycles. The van der Waals surface area contributed by atoms with Crippen LogP contribution in [0.2, 0.25) is 5.02 Å². The largest absolute Gasteiger partial charge is 0.496 e. The predicted molar refractivity (Wildman–Crippen MR) is 130 cm³/mol. The van der Waals surface area contributed by atoms with Crippen molar-refractivity contribution in [2.45, 2.75) is 32.2 Å². The van der Waals surface area contributed by atoms with Gasteiger partial charge in [-0.25, -0.2) is 8.42 Å². The van der Waals surface area contributed by atoms with Crippen LogP contribution < -0.4 is 4.74 Å². The van der Waals surface area contributed by atoms with Gasteiger partial charge in [-0.05, 0) is 42.8 Å². The molecule has 3 rings (SSSR count). The Bertz CT molecular complexity index is 1090. The Labute approximate surface area is 201 Å². The van der Waals surface area contributed by atoms with Gasteiger partial charge in [-0.2, -0.15) is 4.31 Å². The van der Waals surface area contributed by atoms with E-state index in [9.17, 15) is 13.2 Å². The van der Waals surface area contributed by atoms with Crippen molar-refractivity contribution in [3.63, 3.8) is 0 Å². The van der Waals surface area contributed by atoms with E-state index in [0.29, 0.717) is 56.4 Å². The molecular weight excluding hydrogens is 462 g/mol. The van der Waals surface area contributed by atoms with Crippen molar-refractivity contribution in [1.29, 1.82) is 0 Å². The maximum Gasteiger partial charge on any atom is 0.254 e. The van der Waals surface area contributed by atoms with Gasteiger partial charge in [0.15, 0.2) is 0 Å². The van der Waals surface area contributed by atoms with Crippen molar-refractivity contribution in [1.82, 2.24) is 14.1 Å². The van der Waals surface area contributed by atoms with Crippen molar-refractivity contribution in [3.05, 3.63) is 58.1 Å². The highest BCUT2D eigenvalue weighted by atomic mass is 35.5. The third kappa shape index (κ3) is 5.69. The Balaban J connectivity index is 1.72. The first-order valence-electron chi connectivity index (χ1n) is 11.2. The van der Waals surface area contributed by atoms with Gasteiger partial charge in [-0.15, -0.1) is 0 Å². The van der Waals surface area contributed by atoms with Gasteiger partial charge in [-0.3, -0.25) is 9.69 Å². The third-order valence-electron chi connectivity index (χ3n) is 6.08. The fourth-order valence-corrected chi connectivity index (χ4v) is 5.78. The van der Waals surface area contributed by atoms with Gasteiger partial charge in [-0.1, -0.05) is 31.5 Å². The zero-order chi connectivity index (χ0) is 24.2. The van der Waals surface area contributed by atoms with Gasteiger partial charge >= 0.3 is 0 Å². The summed E-state index contributed by atoms with van der Waals surface area (Å²) in [5.74, 6) is 0.656. The summed E-state index contributed by atoms with van der Waals surface area (Å²) < 4.78 is 32.7. The number of methoxy groups -OCH3 is 1. The number of benzene rings is 2. The number of amides is 1. The van der Waals surface area contributed by atoms with Crippen LogP contribution >= 0.6 is 11.6 Å². The summed E-state index contributed by atoms with van der Waals surface area (Å²) in [6.07, 6.45) is 0. The van der Waals surface area contributed by atoms with Crippen molar-refractivity contribution in [2.75, 3.05) is 46.4 Å². The molecule has 1 saturated heterocycles. The van der Waals surface area contributed by atoms with Crippen molar-refractivity contribution in [2.24, 2.45) is 0 Å². The summed E-state index contributed by atoms with van der Waals surface area (Å²) >= 11 is 6.15. The average Bonchev–Trinajstić information content (AvgIpc) is 2.80. The second-order valence-corrected chi connectivity index (χ2v) is 10.5. The Morgan fingerprint density at radius 2 is 1.73 bits per heavy atom. The molecule has 0 unspecified atom stereocenters. The fraction of sp³-hybridized carbons (Fsp3) is 0.458. The first-order valence-corrected chi connectivity index (χ1v) is 13.0. The van der Waals surface area contributed by atoms with Crippen LogP contribution in [0, 0.1) is 6.92 Å². The molecule has 1 fully saturated rings. The SMILES string of the molecule is CCN(CC)S(=O)(=O)c1ccc(C)c(C(=O)N2CCN(Cc3cc(Cl)ccc3OC)CC2)c1. The van der Waals surface area contributed by atoms with E-state index in [1.807, 2.05) is 19.1 Å². The maximum absolute atomic E-state index is 13.3. The van der Waals surface area contributed by atoms with E-state index in [0.717, 1.165) is 16.9 Å². The van der Waals surface area contributed by atoms with Gasteiger partial charge in [0, 0.05) is 62.0 Å². The number of carbonyl (C=O) groups is 1. The molecule has 2 aromatic rings. The zero-order valence-electron chi connectivity index (χ0n) is 19.7. The second kappa shape index (κ2) is 10.9. The van der Waals surface area contributed by atoms with E-state index in [4.69, 9.17) is 16.3 Å². The molecule has 2 aromatic carbocycles. The number of carbonyl (C=O) groups excluding carboxylic acids is 1. The number of sulfonamides is 1. The van der Waals surface area contributed by atoms with Crippen molar-refractivity contribution in [3.8, 4) is 5.75 Å². The molecule has 0 saturated carbocycles. The first kappa shape index (κ1) is 25.5. The molecule has 7 nitrogen and oxygen atoms in total. The normalized spacial score (nSPS) is 15.2. The van der Waals surface area contributed by atoms with E-state index in [1.165, 1.54) is 10.4 Å². The molecule has 0 spiro atoms. The number of ether oxygens (including phenoxy) is 1. The molecule has 0 aromatic heterocycles.